The van der Waals surface area contributed by atoms with Crippen LogP contribution in [0.25, 0.3) is 0 Å². The van der Waals surface area contributed by atoms with Crippen molar-refractivity contribution in [2.45, 2.75) is 4.90 Å². The first kappa shape index (κ1) is 21.3. The second kappa shape index (κ2) is 8.68. The van der Waals surface area contributed by atoms with Crippen molar-refractivity contribution >= 4 is 27.2 Å². The Morgan fingerprint density at radius 2 is 1.47 bits per heavy atom. The van der Waals surface area contributed by atoms with Gasteiger partial charge in [-0.15, -0.1) is 0 Å². The molecule has 0 unspecified atom stereocenters. The number of benzene rings is 3. The Balaban J connectivity index is 1.80. The van der Waals surface area contributed by atoms with Crippen molar-refractivity contribution < 1.29 is 22.7 Å². The first-order chi connectivity index (χ1) is 15.4. The van der Waals surface area contributed by atoms with E-state index in [2.05, 4.69) is 9.71 Å². The summed E-state index contributed by atoms with van der Waals surface area (Å²) in [6, 6.07) is 19.9. The molecule has 1 aliphatic carbocycles. The molecule has 4 rings (SSSR count). The van der Waals surface area contributed by atoms with Gasteiger partial charge < -0.3 is 14.8 Å². The molecule has 162 valence electrons. The van der Waals surface area contributed by atoms with Crippen LogP contribution in [0, 0.1) is 0 Å². The number of carbonyl (C=O) groups is 1. The summed E-state index contributed by atoms with van der Waals surface area (Å²) in [4.78, 5) is 13.1. The topological polar surface area (TPSA) is 94.1 Å². The number of ketones is 1. The number of hydrogen-bond donors (Lipinski definition) is 1. The van der Waals surface area contributed by atoms with Crippen molar-refractivity contribution in [2.24, 2.45) is 4.40 Å². The predicted octanol–water partition coefficient (Wildman–Crippen LogP) is 4.07. The van der Waals surface area contributed by atoms with Gasteiger partial charge in [0.05, 0.1) is 36.2 Å². The van der Waals surface area contributed by atoms with Crippen LogP contribution in [0.1, 0.15) is 15.9 Å². The lowest BCUT2D eigenvalue weighted by Crippen LogP contribution is -2.22. The molecule has 0 bridgehead atoms. The minimum absolute atomic E-state index is 0.0211. The molecule has 0 radical (unpaired) electrons. The number of rotatable bonds is 6. The molecule has 0 saturated carbocycles. The van der Waals surface area contributed by atoms with Gasteiger partial charge in [0.15, 0.2) is 0 Å². The van der Waals surface area contributed by atoms with E-state index >= 15 is 0 Å². The van der Waals surface area contributed by atoms with Crippen LogP contribution in [0.15, 0.2) is 93.9 Å². The van der Waals surface area contributed by atoms with Gasteiger partial charge >= 0.3 is 0 Å². The summed E-state index contributed by atoms with van der Waals surface area (Å²) in [5.41, 5.74) is 1.73. The van der Waals surface area contributed by atoms with Gasteiger partial charge in [-0.05, 0) is 42.5 Å². The number of hydrogen-bond acceptors (Lipinski definition) is 6. The molecule has 1 N–H and O–H groups in total. The van der Waals surface area contributed by atoms with Gasteiger partial charge in [-0.2, -0.15) is 12.8 Å². The quantitative estimate of drug-likeness (QED) is 0.611. The maximum atomic E-state index is 13.1. The van der Waals surface area contributed by atoms with E-state index < -0.39 is 10.0 Å². The number of Topliss-reactive ketones (excluding diaryl/α,β-unsaturated/α-hetero) is 1. The molecule has 3 aromatic carbocycles. The summed E-state index contributed by atoms with van der Waals surface area (Å²) in [6.45, 7) is 0. The number of sulfonamides is 1. The van der Waals surface area contributed by atoms with Crippen molar-refractivity contribution in [1.29, 1.82) is 0 Å². The Morgan fingerprint density at radius 1 is 0.812 bits per heavy atom. The predicted molar refractivity (Wildman–Crippen MR) is 122 cm³/mol. The lowest BCUT2D eigenvalue weighted by Gasteiger charge is -2.19. The summed E-state index contributed by atoms with van der Waals surface area (Å²) < 4.78 is 40.4. The maximum Gasteiger partial charge on any atom is 0.282 e. The van der Waals surface area contributed by atoms with E-state index in [1.54, 1.807) is 54.6 Å². The van der Waals surface area contributed by atoms with E-state index in [4.69, 9.17) is 9.47 Å². The highest BCUT2D eigenvalue weighted by atomic mass is 32.2. The Morgan fingerprint density at radius 3 is 2.16 bits per heavy atom. The van der Waals surface area contributed by atoms with Crippen LogP contribution in [-0.4, -0.2) is 34.1 Å². The Bertz CT molecular complexity index is 1340. The third-order valence-electron chi connectivity index (χ3n) is 4.93. The standard InChI is InChI=1S/C24H20N2O5S/c1-30-16-11-13-17(14-12-16)32(28,29)26-21-15-22(24(27)19-8-4-3-7-18(19)21)25-20-9-5-6-10-23(20)31-2/h3-15,25H,1-2H3/b26-21-. The molecule has 8 heteroatoms. The van der Waals surface area contributed by atoms with Gasteiger partial charge in [0.1, 0.15) is 11.5 Å². The van der Waals surface area contributed by atoms with E-state index in [1.807, 2.05) is 6.07 Å². The van der Waals surface area contributed by atoms with Crippen molar-refractivity contribution in [3.8, 4) is 11.5 Å². The highest BCUT2D eigenvalue weighted by Crippen LogP contribution is 2.29. The van der Waals surface area contributed by atoms with Gasteiger partial charge in [-0.3, -0.25) is 4.79 Å². The first-order valence-electron chi connectivity index (χ1n) is 9.68. The molecule has 0 atom stereocenters. The third kappa shape index (κ3) is 4.13. The van der Waals surface area contributed by atoms with Crippen LogP contribution >= 0.6 is 0 Å². The zero-order valence-corrected chi connectivity index (χ0v) is 18.2. The van der Waals surface area contributed by atoms with E-state index in [0.29, 0.717) is 28.3 Å². The van der Waals surface area contributed by atoms with Crippen LogP contribution in [-0.2, 0) is 10.0 Å². The third-order valence-corrected chi connectivity index (χ3v) is 6.23. The lowest BCUT2D eigenvalue weighted by atomic mass is 9.92. The molecule has 0 heterocycles. The number of ether oxygens (including phenoxy) is 2. The molecule has 0 fully saturated rings. The smallest absolute Gasteiger partial charge is 0.282 e. The molecule has 0 saturated heterocycles. The first-order valence-corrected chi connectivity index (χ1v) is 11.1. The van der Waals surface area contributed by atoms with Gasteiger partial charge in [-0.25, -0.2) is 0 Å². The highest BCUT2D eigenvalue weighted by Gasteiger charge is 2.26. The van der Waals surface area contributed by atoms with E-state index in [0.717, 1.165) is 0 Å². The van der Waals surface area contributed by atoms with E-state index in [-0.39, 0.29) is 22.1 Å². The van der Waals surface area contributed by atoms with Crippen molar-refractivity contribution in [3.05, 3.63) is 95.7 Å². The highest BCUT2D eigenvalue weighted by molar-refractivity contribution is 7.90. The second-order valence-corrected chi connectivity index (χ2v) is 8.49. The fourth-order valence-electron chi connectivity index (χ4n) is 3.32. The second-order valence-electron chi connectivity index (χ2n) is 6.89. The number of methoxy groups -OCH3 is 2. The number of nitrogens with zero attached hydrogens (tertiary/aromatic N) is 1. The Kier molecular flexibility index (Phi) is 5.79. The molecule has 3 aromatic rings. The van der Waals surface area contributed by atoms with Gasteiger partial charge in [0.2, 0.25) is 5.78 Å². The molecule has 1 aliphatic rings. The van der Waals surface area contributed by atoms with E-state index in [9.17, 15) is 13.2 Å². The van der Waals surface area contributed by atoms with Gasteiger partial charge in [-0.1, -0.05) is 36.4 Å². The van der Waals surface area contributed by atoms with Crippen LogP contribution in [0.4, 0.5) is 5.69 Å². The summed E-state index contributed by atoms with van der Waals surface area (Å²) in [5, 5.41) is 3.06. The number of anilines is 1. The molecule has 0 amide bonds. The van der Waals surface area contributed by atoms with Crippen LogP contribution in [0.2, 0.25) is 0 Å². The Labute approximate surface area is 186 Å². The van der Waals surface area contributed by atoms with E-state index in [1.165, 1.54) is 32.4 Å². The van der Waals surface area contributed by atoms with Gasteiger partial charge in [0.25, 0.3) is 10.0 Å². The number of allylic oxidation sites excluding steroid dienone is 2. The summed E-state index contributed by atoms with van der Waals surface area (Å²) >= 11 is 0. The zero-order chi connectivity index (χ0) is 22.7. The molecule has 0 aliphatic heterocycles. The fourth-order valence-corrected chi connectivity index (χ4v) is 4.32. The maximum absolute atomic E-state index is 13.1. The molecule has 0 aromatic heterocycles. The number of para-hydroxylation sites is 2. The molecular weight excluding hydrogens is 428 g/mol. The average Bonchev–Trinajstić information content (AvgIpc) is 2.82. The summed E-state index contributed by atoms with van der Waals surface area (Å²) in [7, 11) is -1.00. The molecule has 0 spiro atoms. The average molecular weight is 449 g/mol. The van der Waals surface area contributed by atoms with Gasteiger partial charge in [0, 0.05) is 11.1 Å². The number of fused-ring (bicyclic) bond motifs is 1. The monoisotopic (exact) mass is 448 g/mol. The minimum Gasteiger partial charge on any atom is -0.497 e. The fraction of sp³-hybridized carbons (Fsp3) is 0.0833. The molecule has 32 heavy (non-hydrogen) atoms. The SMILES string of the molecule is COc1ccc(S(=O)(=O)/N=C2/C=C(Nc3ccccc3OC)C(=O)c3ccccc32)cc1. The number of nitrogens with one attached hydrogen (secondary N) is 1. The van der Waals surface area contributed by atoms with Crippen molar-refractivity contribution in [2.75, 3.05) is 19.5 Å². The zero-order valence-electron chi connectivity index (χ0n) is 17.4. The normalized spacial score (nSPS) is 14.5. The minimum atomic E-state index is -4.03. The summed E-state index contributed by atoms with van der Waals surface area (Å²) in [5.74, 6) is 0.810. The van der Waals surface area contributed by atoms with Crippen LogP contribution < -0.4 is 14.8 Å². The van der Waals surface area contributed by atoms with Crippen LogP contribution in [0.3, 0.4) is 0 Å². The summed E-state index contributed by atoms with van der Waals surface area (Å²) in [6.07, 6.45) is 1.44. The van der Waals surface area contributed by atoms with Crippen molar-refractivity contribution in [1.82, 2.24) is 0 Å². The van der Waals surface area contributed by atoms with Crippen molar-refractivity contribution in [3.63, 3.8) is 0 Å². The largest absolute Gasteiger partial charge is 0.497 e. The van der Waals surface area contributed by atoms with Crippen LogP contribution in [0.5, 0.6) is 11.5 Å². The Hall–Kier alpha value is -3.91. The lowest BCUT2D eigenvalue weighted by molar-refractivity contribution is 0.103. The number of carbonyl (C=O) groups excluding carboxylic acids is 1. The molecular formula is C24H20N2O5S. The molecule has 7 nitrogen and oxygen atoms in total.